The van der Waals surface area contributed by atoms with Crippen molar-refractivity contribution < 1.29 is 18.3 Å². The first kappa shape index (κ1) is 13.4. The molecule has 90 valence electrons. The summed E-state index contributed by atoms with van der Waals surface area (Å²) in [7, 11) is 0. The van der Waals surface area contributed by atoms with E-state index in [1.54, 1.807) is 12.1 Å². The van der Waals surface area contributed by atoms with Gasteiger partial charge >= 0.3 is 6.18 Å². The van der Waals surface area contributed by atoms with Gasteiger partial charge in [-0.3, -0.25) is 0 Å². The number of thioether (sulfide) groups is 1. The molecule has 1 aromatic carbocycles. The van der Waals surface area contributed by atoms with Crippen molar-refractivity contribution in [3.8, 4) is 0 Å². The molecule has 0 aliphatic rings. The van der Waals surface area contributed by atoms with Gasteiger partial charge in [-0.1, -0.05) is 19.1 Å². The van der Waals surface area contributed by atoms with Crippen molar-refractivity contribution in [2.24, 2.45) is 0 Å². The van der Waals surface area contributed by atoms with Crippen LogP contribution in [-0.4, -0.2) is 17.5 Å². The molecule has 0 fully saturated rings. The van der Waals surface area contributed by atoms with Crippen LogP contribution in [0.15, 0.2) is 29.2 Å². The van der Waals surface area contributed by atoms with Crippen LogP contribution in [0, 0.1) is 0 Å². The van der Waals surface area contributed by atoms with Gasteiger partial charge in [-0.2, -0.15) is 13.2 Å². The number of alkyl halides is 3. The lowest BCUT2D eigenvalue weighted by molar-refractivity contribution is -0.267. The molecule has 0 heterocycles. The maximum atomic E-state index is 12.7. The number of aliphatic hydroxyl groups is 1. The topological polar surface area (TPSA) is 20.2 Å². The Morgan fingerprint density at radius 3 is 2.00 bits per heavy atom. The van der Waals surface area contributed by atoms with Crippen molar-refractivity contribution in [3.63, 3.8) is 0 Å². The standard InChI is InChI=1S/C11H13F3OS/c1-3-10(15,11(12,13)14)8-4-6-9(16-2)7-5-8/h4-7,15H,3H2,1-2H3. The highest BCUT2D eigenvalue weighted by atomic mass is 32.2. The van der Waals surface area contributed by atoms with E-state index in [0.29, 0.717) is 0 Å². The summed E-state index contributed by atoms with van der Waals surface area (Å²) >= 11 is 1.44. The number of benzene rings is 1. The number of hydrogen-bond acceptors (Lipinski definition) is 2. The van der Waals surface area contributed by atoms with E-state index < -0.39 is 18.2 Å². The van der Waals surface area contributed by atoms with E-state index in [9.17, 15) is 18.3 Å². The van der Waals surface area contributed by atoms with E-state index >= 15 is 0 Å². The monoisotopic (exact) mass is 250 g/mol. The zero-order valence-corrected chi connectivity index (χ0v) is 9.82. The van der Waals surface area contributed by atoms with Crippen molar-refractivity contribution in [2.75, 3.05) is 6.26 Å². The minimum atomic E-state index is -4.65. The molecule has 0 saturated carbocycles. The van der Waals surface area contributed by atoms with Crippen molar-refractivity contribution in [3.05, 3.63) is 29.8 Å². The molecule has 1 rings (SSSR count). The molecule has 1 nitrogen and oxygen atoms in total. The second-order valence-electron chi connectivity index (χ2n) is 3.44. The highest BCUT2D eigenvalue weighted by Gasteiger charge is 2.53. The summed E-state index contributed by atoms with van der Waals surface area (Å²) in [6.07, 6.45) is -3.21. The molecule has 0 saturated heterocycles. The molecule has 0 aromatic heterocycles. The average molecular weight is 250 g/mol. The molecule has 1 atom stereocenters. The number of halogens is 3. The Labute approximate surface area is 96.7 Å². The van der Waals surface area contributed by atoms with Crippen molar-refractivity contribution in [1.29, 1.82) is 0 Å². The smallest absolute Gasteiger partial charge is 0.376 e. The minimum Gasteiger partial charge on any atom is -0.376 e. The molecule has 1 aromatic rings. The van der Waals surface area contributed by atoms with Crippen LogP contribution in [0.4, 0.5) is 13.2 Å². The highest BCUT2D eigenvalue weighted by molar-refractivity contribution is 7.98. The van der Waals surface area contributed by atoms with Gasteiger partial charge in [0.1, 0.15) is 0 Å². The van der Waals surface area contributed by atoms with Crippen LogP contribution in [0.1, 0.15) is 18.9 Å². The molecule has 5 heteroatoms. The predicted molar refractivity (Wildman–Crippen MR) is 58.5 cm³/mol. The first-order valence-electron chi connectivity index (χ1n) is 4.78. The Morgan fingerprint density at radius 1 is 1.19 bits per heavy atom. The summed E-state index contributed by atoms with van der Waals surface area (Å²) in [4.78, 5) is 0.865. The molecule has 16 heavy (non-hydrogen) atoms. The fourth-order valence-corrected chi connectivity index (χ4v) is 1.84. The Hall–Kier alpha value is -0.680. The van der Waals surface area contributed by atoms with E-state index in [1.807, 2.05) is 6.26 Å². The quantitative estimate of drug-likeness (QED) is 0.828. The highest BCUT2D eigenvalue weighted by Crippen LogP contribution is 2.41. The molecule has 0 aliphatic carbocycles. The Morgan fingerprint density at radius 2 is 1.69 bits per heavy atom. The zero-order valence-electron chi connectivity index (χ0n) is 9.01. The lowest BCUT2D eigenvalue weighted by Gasteiger charge is -2.29. The van der Waals surface area contributed by atoms with Crippen molar-refractivity contribution in [1.82, 2.24) is 0 Å². The van der Waals surface area contributed by atoms with Crippen LogP contribution < -0.4 is 0 Å². The summed E-state index contributed by atoms with van der Waals surface area (Å²) in [6, 6.07) is 5.80. The second kappa shape index (κ2) is 4.67. The Kier molecular flexibility index (Phi) is 3.91. The molecular formula is C11H13F3OS. The van der Waals surface area contributed by atoms with Crippen LogP contribution in [-0.2, 0) is 5.60 Å². The molecule has 0 bridgehead atoms. The predicted octanol–water partition coefficient (Wildman–Crippen LogP) is 3.57. The largest absolute Gasteiger partial charge is 0.421 e. The van der Waals surface area contributed by atoms with Gasteiger partial charge in [0.15, 0.2) is 5.60 Å². The lowest BCUT2D eigenvalue weighted by Crippen LogP contribution is -2.41. The average Bonchev–Trinajstić information content (AvgIpc) is 2.26. The van der Waals surface area contributed by atoms with Crippen molar-refractivity contribution in [2.45, 2.75) is 30.0 Å². The van der Waals surface area contributed by atoms with Gasteiger partial charge in [0, 0.05) is 4.90 Å². The molecule has 1 unspecified atom stereocenters. The van der Waals surface area contributed by atoms with Gasteiger partial charge in [0.05, 0.1) is 0 Å². The normalized spacial score (nSPS) is 15.9. The van der Waals surface area contributed by atoms with Gasteiger partial charge in [0.2, 0.25) is 0 Å². The summed E-state index contributed by atoms with van der Waals surface area (Å²) in [5.74, 6) is 0. The lowest BCUT2D eigenvalue weighted by atomic mass is 9.90. The van der Waals surface area contributed by atoms with E-state index in [0.717, 1.165) is 4.90 Å². The number of rotatable bonds is 3. The summed E-state index contributed by atoms with van der Waals surface area (Å²) in [5, 5.41) is 9.66. The van der Waals surface area contributed by atoms with Crippen molar-refractivity contribution >= 4 is 11.8 Å². The van der Waals surface area contributed by atoms with E-state index in [-0.39, 0.29) is 5.56 Å². The summed E-state index contributed by atoms with van der Waals surface area (Å²) in [5.41, 5.74) is -2.86. The summed E-state index contributed by atoms with van der Waals surface area (Å²) < 4.78 is 38.2. The maximum absolute atomic E-state index is 12.7. The van der Waals surface area contributed by atoms with Gasteiger partial charge < -0.3 is 5.11 Å². The molecule has 1 N–H and O–H groups in total. The second-order valence-corrected chi connectivity index (χ2v) is 4.32. The van der Waals surface area contributed by atoms with Gasteiger partial charge in [0.25, 0.3) is 0 Å². The van der Waals surface area contributed by atoms with E-state index in [1.165, 1.54) is 30.8 Å². The fourth-order valence-electron chi connectivity index (χ4n) is 1.43. The third-order valence-electron chi connectivity index (χ3n) is 2.55. The minimum absolute atomic E-state index is 0.111. The van der Waals surface area contributed by atoms with Gasteiger partial charge in [-0.25, -0.2) is 0 Å². The molecule has 0 amide bonds. The Balaban J connectivity index is 3.13. The zero-order chi connectivity index (χ0) is 12.4. The van der Waals surface area contributed by atoms with Gasteiger partial charge in [-0.15, -0.1) is 11.8 Å². The van der Waals surface area contributed by atoms with Gasteiger partial charge in [-0.05, 0) is 30.4 Å². The summed E-state index contributed by atoms with van der Waals surface area (Å²) in [6.45, 7) is 1.32. The first-order valence-corrected chi connectivity index (χ1v) is 6.01. The van der Waals surface area contributed by atoms with Crippen LogP contribution in [0.3, 0.4) is 0 Å². The van der Waals surface area contributed by atoms with Crippen LogP contribution in [0.5, 0.6) is 0 Å². The van der Waals surface area contributed by atoms with E-state index in [2.05, 4.69) is 0 Å². The van der Waals surface area contributed by atoms with E-state index in [4.69, 9.17) is 0 Å². The van der Waals surface area contributed by atoms with Crippen LogP contribution in [0.2, 0.25) is 0 Å². The van der Waals surface area contributed by atoms with Crippen LogP contribution in [0.25, 0.3) is 0 Å². The molecule has 0 radical (unpaired) electrons. The third kappa shape index (κ3) is 2.35. The fraction of sp³-hybridized carbons (Fsp3) is 0.455. The molecule has 0 spiro atoms. The number of hydrogen-bond donors (Lipinski definition) is 1. The van der Waals surface area contributed by atoms with Crippen LogP contribution >= 0.6 is 11.8 Å². The maximum Gasteiger partial charge on any atom is 0.421 e. The SMILES string of the molecule is CCC(O)(c1ccc(SC)cc1)C(F)(F)F. The third-order valence-corrected chi connectivity index (χ3v) is 3.29. The Bertz CT molecular complexity index is 347. The molecule has 0 aliphatic heterocycles. The molecular weight excluding hydrogens is 237 g/mol. The first-order chi connectivity index (χ1) is 7.35.